The van der Waals surface area contributed by atoms with E-state index in [-0.39, 0.29) is 12.3 Å². The second-order valence-electron chi connectivity index (χ2n) is 5.05. The molecule has 0 radical (unpaired) electrons. The maximum absolute atomic E-state index is 11.9. The fraction of sp³-hybridized carbons (Fsp3) is 0.467. The van der Waals surface area contributed by atoms with E-state index < -0.39 is 33.6 Å². The number of carboxylic acid groups (broad SMARTS) is 1. The van der Waals surface area contributed by atoms with Gasteiger partial charge in [0.1, 0.15) is 5.75 Å². The van der Waals surface area contributed by atoms with Gasteiger partial charge in [-0.2, -0.15) is 0 Å². The van der Waals surface area contributed by atoms with Gasteiger partial charge in [0.05, 0.1) is 12.3 Å². The topological polar surface area (TPSA) is 110 Å². The van der Waals surface area contributed by atoms with Crippen molar-refractivity contribution >= 4 is 21.7 Å². The molecule has 0 aliphatic heterocycles. The zero-order valence-electron chi connectivity index (χ0n) is 12.9. The van der Waals surface area contributed by atoms with E-state index in [1.807, 2.05) is 30.3 Å². The predicted octanol–water partition coefficient (Wildman–Crippen LogP) is 0.250. The molecule has 7 nitrogen and oxygen atoms in total. The van der Waals surface area contributed by atoms with E-state index >= 15 is 0 Å². The molecule has 1 aromatic rings. The Balaban J connectivity index is 2.36. The predicted molar refractivity (Wildman–Crippen MR) is 84.9 cm³/mol. The van der Waals surface area contributed by atoms with Crippen LogP contribution in [0.4, 0.5) is 0 Å². The quantitative estimate of drug-likeness (QED) is 0.630. The monoisotopic (exact) mass is 343 g/mol. The Hall–Kier alpha value is -1.93. The van der Waals surface area contributed by atoms with Gasteiger partial charge < -0.3 is 15.2 Å². The van der Waals surface area contributed by atoms with Crippen molar-refractivity contribution in [3.05, 3.63) is 35.9 Å². The standard InChI is InChI=1S/C15H21NO6S/c1-22-13(15(18)19)10-16-14(17)11-23(20,21)9-5-8-12-6-3-2-4-7-12/h2-4,6-7,13H,5,8-11H2,1H3,(H,16,17)(H,18,19). The molecule has 0 heterocycles. The molecule has 1 amide bonds. The largest absolute Gasteiger partial charge is 0.479 e. The van der Waals surface area contributed by atoms with E-state index in [9.17, 15) is 18.0 Å². The highest BCUT2D eigenvalue weighted by atomic mass is 32.2. The summed E-state index contributed by atoms with van der Waals surface area (Å²) in [5.41, 5.74) is 1.04. The Morgan fingerprint density at radius 1 is 1.26 bits per heavy atom. The SMILES string of the molecule is COC(CNC(=O)CS(=O)(=O)CCCc1ccccc1)C(=O)O. The Labute approximate surface area is 135 Å². The number of sulfone groups is 1. The number of methoxy groups -OCH3 is 1. The Morgan fingerprint density at radius 2 is 1.91 bits per heavy atom. The number of benzene rings is 1. The average Bonchev–Trinajstić information content (AvgIpc) is 2.47. The molecule has 23 heavy (non-hydrogen) atoms. The maximum atomic E-state index is 11.9. The lowest BCUT2D eigenvalue weighted by molar-refractivity contribution is -0.148. The lowest BCUT2D eigenvalue weighted by Gasteiger charge is -2.11. The molecular formula is C15H21NO6S. The van der Waals surface area contributed by atoms with Gasteiger partial charge in [0.15, 0.2) is 15.9 Å². The van der Waals surface area contributed by atoms with Crippen LogP contribution in [0.1, 0.15) is 12.0 Å². The lowest BCUT2D eigenvalue weighted by atomic mass is 10.1. The van der Waals surface area contributed by atoms with Crippen LogP contribution in [0.3, 0.4) is 0 Å². The third kappa shape index (κ3) is 7.75. The summed E-state index contributed by atoms with van der Waals surface area (Å²) >= 11 is 0. The number of carbonyl (C=O) groups is 2. The highest BCUT2D eigenvalue weighted by Crippen LogP contribution is 2.04. The molecule has 0 aromatic heterocycles. The number of aryl methyl sites for hydroxylation is 1. The molecule has 0 aliphatic carbocycles. The van der Waals surface area contributed by atoms with E-state index in [0.29, 0.717) is 12.8 Å². The van der Waals surface area contributed by atoms with E-state index in [2.05, 4.69) is 10.1 Å². The number of carbonyl (C=O) groups excluding carboxylic acids is 1. The van der Waals surface area contributed by atoms with Gasteiger partial charge in [0, 0.05) is 7.11 Å². The van der Waals surface area contributed by atoms with Gasteiger partial charge in [-0.1, -0.05) is 30.3 Å². The summed E-state index contributed by atoms with van der Waals surface area (Å²) < 4.78 is 28.4. The van der Waals surface area contributed by atoms with Crippen molar-refractivity contribution in [3.8, 4) is 0 Å². The third-order valence-electron chi connectivity index (χ3n) is 3.16. The number of nitrogens with one attached hydrogen (secondary N) is 1. The molecule has 0 spiro atoms. The highest BCUT2D eigenvalue weighted by molar-refractivity contribution is 7.92. The summed E-state index contributed by atoms with van der Waals surface area (Å²) in [7, 11) is -2.33. The van der Waals surface area contributed by atoms with Crippen LogP contribution < -0.4 is 5.32 Å². The minimum Gasteiger partial charge on any atom is -0.479 e. The fourth-order valence-corrected chi connectivity index (χ4v) is 3.17. The van der Waals surface area contributed by atoms with Crippen LogP contribution >= 0.6 is 0 Å². The Bertz CT molecular complexity index is 614. The average molecular weight is 343 g/mol. The molecule has 1 rings (SSSR count). The molecule has 0 fully saturated rings. The molecule has 0 saturated heterocycles. The van der Waals surface area contributed by atoms with Gasteiger partial charge in [-0.15, -0.1) is 0 Å². The van der Waals surface area contributed by atoms with Crippen molar-refractivity contribution in [2.45, 2.75) is 18.9 Å². The molecule has 0 saturated carbocycles. The van der Waals surface area contributed by atoms with Crippen LogP contribution in [0.5, 0.6) is 0 Å². The van der Waals surface area contributed by atoms with Crippen molar-refractivity contribution in [2.24, 2.45) is 0 Å². The second-order valence-corrected chi connectivity index (χ2v) is 7.23. The summed E-state index contributed by atoms with van der Waals surface area (Å²) in [5, 5.41) is 11.0. The molecule has 1 aromatic carbocycles. The first kappa shape index (κ1) is 19.1. The third-order valence-corrected chi connectivity index (χ3v) is 4.77. The number of ether oxygens (including phenoxy) is 1. The van der Waals surface area contributed by atoms with Gasteiger partial charge in [-0.05, 0) is 18.4 Å². The molecule has 0 bridgehead atoms. The van der Waals surface area contributed by atoms with Crippen LogP contribution in [0.25, 0.3) is 0 Å². The second kappa shape index (κ2) is 9.26. The van der Waals surface area contributed by atoms with Gasteiger partial charge >= 0.3 is 5.97 Å². The van der Waals surface area contributed by atoms with Crippen molar-refractivity contribution in [1.29, 1.82) is 0 Å². The summed E-state index contributed by atoms with van der Waals surface area (Å²) in [4.78, 5) is 22.3. The number of rotatable bonds is 10. The van der Waals surface area contributed by atoms with E-state index in [1.54, 1.807) is 0 Å². The van der Waals surface area contributed by atoms with Crippen molar-refractivity contribution in [1.82, 2.24) is 5.32 Å². The first-order valence-electron chi connectivity index (χ1n) is 7.10. The van der Waals surface area contributed by atoms with Crippen LogP contribution in [-0.4, -0.2) is 56.7 Å². The number of hydrogen-bond donors (Lipinski definition) is 2. The number of amides is 1. The molecular weight excluding hydrogens is 322 g/mol. The Kier molecular flexibility index (Phi) is 7.70. The van der Waals surface area contributed by atoms with Crippen LogP contribution in [0.2, 0.25) is 0 Å². The van der Waals surface area contributed by atoms with Gasteiger partial charge in [0.25, 0.3) is 0 Å². The van der Waals surface area contributed by atoms with Crippen LogP contribution in [0.15, 0.2) is 30.3 Å². The molecule has 1 unspecified atom stereocenters. The van der Waals surface area contributed by atoms with Gasteiger partial charge in [0.2, 0.25) is 5.91 Å². The summed E-state index contributed by atoms with van der Waals surface area (Å²) in [6.07, 6.45) is -0.151. The first-order chi connectivity index (χ1) is 10.8. The van der Waals surface area contributed by atoms with Gasteiger partial charge in [-0.25, -0.2) is 13.2 Å². The Morgan fingerprint density at radius 3 is 2.48 bits per heavy atom. The van der Waals surface area contributed by atoms with Crippen molar-refractivity contribution in [3.63, 3.8) is 0 Å². The zero-order valence-corrected chi connectivity index (χ0v) is 13.7. The minimum atomic E-state index is -3.53. The smallest absolute Gasteiger partial charge is 0.334 e. The van der Waals surface area contributed by atoms with E-state index in [0.717, 1.165) is 5.56 Å². The van der Waals surface area contributed by atoms with Crippen molar-refractivity contribution < 1.29 is 27.9 Å². The number of carboxylic acids is 1. The normalized spacial score (nSPS) is 12.6. The molecule has 1 atom stereocenters. The minimum absolute atomic E-state index is 0.0953. The summed E-state index contributed by atoms with van der Waals surface area (Å²) in [5.74, 6) is -2.70. The molecule has 128 valence electrons. The number of hydrogen-bond acceptors (Lipinski definition) is 5. The van der Waals surface area contributed by atoms with Crippen LogP contribution in [-0.2, 0) is 30.6 Å². The fourth-order valence-electron chi connectivity index (χ4n) is 1.94. The molecule has 8 heteroatoms. The molecule has 0 aliphatic rings. The van der Waals surface area contributed by atoms with E-state index in [4.69, 9.17) is 5.11 Å². The van der Waals surface area contributed by atoms with Crippen LogP contribution in [0, 0.1) is 0 Å². The zero-order chi connectivity index (χ0) is 17.3. The maximum Gasteiger partial charge on any atom is 0.334 e. The first-order valence-corrected chi connectivity index (χ1v) is 8.93. The van der Waals surface area contributed by atoms with Gasteiger partial charge in [-0.3, -0.25) is 4.79 Å². The van der Waals surface area contributed by atoms with Crippen molar-refractivity contribution in [2.75, 3.05) is 25.2 Å². The summed E-state index contributed by atoms with van der Waals surface area (Å²) in [6.45, 7) is -0.274. The highest BCUT2D eigenvalue weighted by Gasteiger charge is 2.20. The number of aliphatic carboxylic acids is 1. The molecule has 2 N–H and O–H groups in total. The summed E-state index contributed by atoms with van der Waals surface area (Å²) in [6, 6.07) is 9.47. The van der Waals surface area contributed by atoms with E-state index in [1.165, 1.54) is 7.11 Å². The lowest BCUT2D eigenvalue weighted by Crippen LogP contribution is -2.40.